The molecular weight excluding hydrogens is 244 g/mol. The van der Waals surface area contributed by atoms with Crippen LogP contribution in [-0.4, -0.2) is 0 Å². The van der Waals surface area contributed by atoms with Gasteiger partial charge in [0.2, 0.25) is 0 Å². The van der Waals surface area contributed by atoms with Gasteiger partial charge in [-0.25, -0.2) is 0 Å². The molecule has 0 unspecified atom stereocenters. The van der Waals surface area contributed by atoms with E-state index in [1.54, 1.807) is 0 Å². The fourth-order valence-corrected chi connectivity index (χ4v) is 3.25. The largest absolute Gasteiger partial charge is 0.464 e. The summed E-state index contributed by atoms with van der Waals surface area (Å²) in [5.41, 5.74) is 7.16. The number of fused-ring (bicyclic) bond motifs is 1. The van der Waals surface area contributed by atoms with E-state index in [1.165, 1.54) is 34.3 Å². The number of hydrogen-bond acceptors (Lipinski definition) is 1. The fourth-order valence-electron chi connectivity index (χ4n) is 3.25. The molecule has 0 radical (unpaired) electrons. The molecule has 20 heavy (non-hydrogen) atoms. The molecule has 1 aromatic heterocycles. The molecule has 0 saturated heterocycles. The van der Waals surface area contributed by atoms with Crippen molar-refractivity contribution in [3.63, 3.8) is 0 Å². The van der Waals surface area contributed by atoms with Crippen molar-refractivity contribution in [2.24, 2.45) is 0 Å². The van der Waals surface area contributed by atoms with Crippen LogP contribution in [0.2, 0.25) is 0 Å². The molecule has 0 aliphatic heterocycles. The van der Waals surface area contributed by atoms with Crippen LogP contribution in [0.5, 0.6) is 0 Å². The summed E-state index contributed by atoms with van der Waals surface area (Å²) in [7, 11) is 0. The zero-order valence-corrected chi connectivity index (χ0v) is 12.4. The van der Waals surface area contributed by atoms with Gasteiger partial charge in [0.25, 0.3) is 0 Å². The fraction of sp³-hybridized carbons (Fsp3) is 0.368. The first-order chi connectivity index (χ1) is 9.85. The Labute approximate surface area is 121 Å². The monoisotopic (exact) mass is 266 g/mol. The predicted molar refractivity (Wildman–Crippen MR) is 84.6 cm³/mol. The number of allylic oxidation sites excluding steroid dienone is 2. The van der Waals surface area contributed by atoms with Gasteiger partial charge in [-0.2, -0.15) is 0 Å². The van der Waals surface area contributed by atoms with Crippen molar-refractivity contribution >= 4 is 11.1 Å². The number of aryl methyl sites for hydroxylation is 1. The van der Waals surface area contributed by atoms with Crippen molar-refractivity contribution in [3.05, 3.63) is 59.0 Å². The van der Waals surface area contributed by atoms with Crippen LogP contribution in [0.3, 0.4) is 0 Å². The van der Waals surface area contributed by atoms with Crippen LogP contribution in [0.25, 0.3) is 11.1 Å². The zero-order valence-electron chi connectivity index (χ0n) is 12.4. The molecule has 0 spiro atoms. The van der Waals surface area contributed by atoms with Crippen LogP contribution in [0.15, 0.2) is 41.0 Å². The summed E-state index contributed by atoms with van der Waals surface area (Å²) in [6.07, 6.45) is 7.45. The SMILES string of the molecule is CCCC1=C(c2occc2CCC)Cc2ccccc21. The smallest absolute Gasteiger partial charge is 0.133 e. The Morgan fingerprint density at radius 1 is 1.00 bits per heavy atom. The molecule has 3 rings (SSSR count). The highest BCUT2D eigenvalue weighted by Crippen LogP contribution is 2.41. The molecule has 1 aromatic carbocycles. The molecule has 1 aliphatic carbocycles. The van der Waals surface area contributed by atoms with E-state index in [4.69, 9.17) is 4.42 Å². The standard InChI is InChI=1S/C19H22O/c1-3-7-14-11-12-20-19(14)18-13-15-9-5-6-10-16(15)17(18)8-4-2/h5-6,9-12H,3-4,7-8,13H2,1-2H3. The maximum atomic E-state index is 5.85. The van der Waals surface area contributed by atoms with Crippen LogP contribution in [0.4, 0.5) is 0 Å². The van der Waals surface area contributed by atoms with Crippen molar-refractivity contribution < 1.29 is 4.42 Å². The van der Waals surface area contributed by atoms with E-state index in [2.05, 4.69) is 44.2 Å². The van der Waals surface area contributed by atoms with E-state index < -0.39 is 0 Å². The lowest BCUT2D eigenvalue weighted by molar-refractivity contribution is 0.547. The summed E-state index contributed by atoms with van der Waals surface area (Å²) in [5, 5.41) is 0. The first-order valence-corrected chi connectivity index (χ1v) is 7.72. The predicted octanol–water partition coefficient (Wildman–Crippen LogP) is 5.50. The Hall–Kier alpha value is -1.76. The van der Waals surface area contributed by atoms with Crippen molar-refractivity contribution in [3.8, 4) is 0 Å². The lowest BCUT2D eigenvalue weighted by Crippen LogP contribution is -1.91. The Balaban J connectivity index is 2.07. The van der Waals surface area contributed by atoms with Gasteiger partial charge in [0.05, 0.1) is 6.26 Å². The molecule has 0 N–H and O–H groups in total. The van der Waals surface area contributed by atoms with Gasteiger partial charge in [-0.3, -0.25) is 0 Å². The number of furan rings is 1. The summed E-state index contributed by atoms with van der Waals surface area (Å²) >= 11 is 0. The number of benzene rings is 1. The first kappa shape index (κ1) is 13.2. The lowest BCUT2D eigenvalue weighted by Gasteiger charge is -2.07. The van der Waals surface area contributed by atoms with Crippen LogP contribution in [0.1, 0.15) is 55.6 Å². The van der Waals surface area contributed by atoms with E-state index in [-0.39, 0.29) is 0 Å². The van der Waals surface area contributed by atoms with E-state index >= 15 is 0 Å². The molecule has 1 nitrogen and oxygen atoms in total. The summed E-state index contributed by atoms with van der Waals surface area (Å²) in [6.45, 7) is 4.47. The van der Waals surface area contributed by atoms with Gasteiger partial charge in [0.1, 0.15) is 5.76 Å². The first-order valence-electron chi connectivity index (χ1n) is 7.72. The minimum atomic E-state index is 1.02. The molecule has 0 atom stereocenters. The average Bonchev–Trinajstić information content (AvgIpc) is 3.05. The quantitative estimate of drug-likeness (QED) is 0.696. The topological polar surface area (TPSA) is 13.1 Å². The van der Waals surface area contributed by atoms with Crippen LogP contribution in [0, 0.1) is 0 Å². The van der Waals surface area contributed by atoms with E-state index in [0.717, 1.165) is 31.4 Å². The highest BCUT2D eigenvalue weighted by Gasteiger charge is 2.24. The minimum absolute atomic E-state index is 1.02. The molecule has 104 valence electrons. The molecule has 2 aromatic rings. The number of hydrogen-bond donors (Lipinski definition) is 0. The lowest BCUT2D eigenvalue weighted by atomic mass is 9.98. The Bertz CT molecular complexity index is 631. The van der Waals surface area contributed by atoms with Gasteiger partial charge in [-0.15, -0.1) is 0 Å². The van der Waals surface area contributed by atoms with Crippen LogP contribution in [-0.2, 0) is 12.8 Å². The van der Waals surface area contributed by atoms with E-state index in [1.807, 2.05) is 6.26 Å². The maximum absolute atomic E-state index is 5.85. The Morgan fingerprint density at radius 3 is 2.60 bits per heavy atom. The molecule has 1 aliphatic rings. The van der Waals surface area contributed by atoms with Gasteiger partial charge < -0.3 is 4.42 Å². The molecule has 1 heteroatoms. The van der Waals surface area contributed by atoms with Crippen molar-refractivity contribution in [2.45, 2.75) is 46.0 Å². The van der Waals surface area contributed by atoms with Gasteiger partial charge in [-0.05, 0) is 41.2 Å². The van der Waals surface area contributed by atoms with E-state index in [0.29, 0.717) is 0 Å². The molecular formula is C19H22O. The normalized spacial score (nSPS) is 13.9. The highest BCUT2D eigenvalue weighted by atomic mass is 16.3. The molecule has 0 bridgehead atoms. The minimum Gasteiger partial charge on any atom is -0.464 e. The molecule has 0 amide bonds. The molecule has 0 saturated carbocycles. The average molecular weight is 266 g/mol. The summed E-state index contributed by atoms with van der Waals surface area (Å²) in [5.74, 6) is 1.13. The van der Waals surface area contributed by atoms with Crippen LogP contribution >= 0.6 is 0 Å². The van der Waals surface area contributed by atoms with Gasteiger partial charge in [0, 0.05) is 12.0 Å². The van der Waals surface area contributed by atoms with Crippen molar-refractivity contribution in [1.82, 2.24) is 0 Å². The summed E-state index contributed by atoms with van der Waals surface area (Å²) in [6, 6.07) is 10.9. The third kappa shape index (κ3) is 2.22. The summed E-state index contributed by atoms with van der Waals surface area (Å²) < 4.78 is 5.85. The molecule has 1 heterocycles. The summed E-state index contributed by atoms with van der Waals surface area (Å²) in [4.78, 5) is 0. The van der Waals surface area contributed by atoms with Crippen molar-refractivity contribution in [2.75, 3.05) is 0 Å². The Morgan fingerprint density at radius 2 is 1.80 bits per heavy atom. The number of rotatable bonds is 5. The van der Waals surface area contributed by atoms with Gasteiger partial charge in [-0.1, -0.05) is 51.0 Å². The molecule has 0 fully saturated rings. The second-order valence-corrected chi connectivity index (χ2v) is 5.57. The Kier molecular flexibility index (Phi) is 3.77. The zero-order chi connectivity index (χ0) is 13.9. The maximum Gasteiger partial charge on any atom is 0.133 e. The second-order valence-electron chi connectivity index (χ2n) is 5.57. The van der Waals surface area contributed by atoms with E-state index in [9.17, 15) is 0 Å². The highest BCUT2D eigenvalue weighted by molar-refractivity contribution is 5.96. The van der Waals surface area contributed by atoms with Gasteiger partial charge >= 0.3 is 0 Å². The third-order valence-corrected chi connectivity index (χ3v) is 4.11. The second kappa shape index (κ2) is 5.70. The third-order valence-electron chi connectivity index (χ3n) is 4.11. The van der Waals surface area contributed by atoms with Crippen LogP contribution < -0.4 is 0 Å². The van der Waals surface area contributed by atoms with Gasteiger partial charge in [0.15, 0.2) is 0 Å². The van der Waals surface area contributed by atoms with Crippen molar-refractivity contribution in [1.29, 1.82) is 0 Å².